The van der Waals surface area contributed by atoms with Gasteiger partial charge in [0.1, 0.15) is 7.85 Å². The third-order valence-electron chi connectivity index (χ3n) is 3.91. The molecule has 22 heavy (non-hydrogen) atoms. The van der Waals surface area contributed by atoms with Gasteiger partial charge in [-0.2, -0.15) is 0 Å². The summed E-state index contributed by atoms with van der Waals surface area (Å²) in [7, 11) is 1.24. The van der Waals surface area contributed by atoms with Crippen molar-refractivity contribution in [3.63, 3.8) is 0 Å². The summed E-state index contributed by atoms with van der Waals surface area (Å²) in [6, 6.07) is 0. The highest BCUT2D eigenvalue weighted by Crippen LogP contribution is 2.52. The fourth-order valence-electron chi connectivity index (χ4n) is 2.90. The lowest BCUT2D eigenvalue weighted by atomic mass is 9.83. The number of ether oxygens (including phenoxy) is 1. The van der Waals surface area contributed by atoms with Gasteiger partial charge in [0.15, 0.2) is 0 Å². The van der Waals surface area contributed by atoms with E-state index in [0.717, 1.165) is 6.42 Å². The van der Waals surface area contributed by atoms with Crippen LogP contribution in [-0.4, -0.2) is 56.8 Å². The molecule has 130 valence electrons. The Labute approximate surface area is 137 Å². The van der Waals surface area contributed by atoms with E-state index in [1.165, 1.54) is 7.11 Å². The van der Waals surface area contributed by atoms with Gasteiger partial charge in [-0.15, -0.1) is 0 Å². The Morgan fingerprint density at radius 2 is 1.95 bits per heavy atom. The van der Waals surface area contributed by atoms with Crippen LogP contribution in [0.3, 0.4) is 0 Å². The SMILES string of the molecule is B[C@@H]1C[C@H](CCP(=O)(O)OC)[C@@H](OP(O)(=S)OCC)[C@H]1OC. The molecule has 0 aromatic heterocycles. The van der Waals surface area contributed by atoms with Crippen LogP contribution in [0.5, 0.6) is 0 Å². The van der Waals surface area contributed by atoms with Crippen molar-refractivity contribution in [1.82, 2.24) is 0 Å². The second-order valence-corrected chi connectivity index (χ2v) is 10.3. The van der Waals surface area contributed by atoms with Crippen LogP contribution in [0.2, 0.25) is 5.82 Å². The van der Waals surface area contributed by atoms with Crippen LogP contribution in [0.15, 0.2) is 0 Å². The van der Waals surface area contributed by atoms with E-state index in [2.05, 4.69) is 4.52 Å². The summed E-state index contributed by atoms with van der Waals surface area (Å²) in [6.07, 6.45) is 0.520. The van der Waals surface area contributed by atoms with Crippen LogP contribution in [-0.2, 0) is 34.7 Å². The minimum Gasteiger partial charge on any atom is -0.379 e. The van der Waals surface area contributed by atoms with Crippen LogP contribution in [0.25, 0.3) is 0 Å². The van der Waals surface area contributed by atoms with Crippen LogP contribution in [0.1, 0.15) is 19.8 Å². The van der Waals surface area contributed by atoms with E-state index in [9.17, 15) is 14.4 Å². The Hall–Kier alpha value is 0.705. The van der Waals surface area contributed by atoms with Gasteiger partial charge in [0.05, 0.1) is 25.0 Å². The highest BCUT2D eigenvalue weighted by molar-refractivity contribution is 8.07. The molecule has 11 heteroatoms. The summed E-state index contributed by atoms with van der Waals surface area (Å²) in [5.74, 6) is 0.141. The van der Waals surface area contributed by atoms with Crippen molar-refractivity contribution in [2.24, 2.45) is 5.92 Å². The van der Waals surface area contributed by atoms with Gasteiger partial charge in [-0.05, 0) is 43.3 Å². The molecule has 0 saturated heterocycles. The third kappa shape index (κ3) is 5.97. The van der Waals surface area contributed by atoms with Gasteiger partial charge in [-0.25, -0.2) is 0 Å². The van der Waals surface area contributed by atoms with Gasteiger partial charge in [0.2, 0.25) is 0 Å². The zero-order chi connectivity index (χ0) is 17.0. The molecule has 0 aliphatic heterocycles. The monoisotopic (exact) mass is 374 g/mol. The predicted molar refractivity (Wildman–Crippen MR) is 90.5 cm³/mol. The summed E-state index contributed by atoms with van der Waals surface area (Å²) in [6.45, 7) is -1.35. The van der Waals surface area contributed by atoms with E-state index >= 15 is 0 Å². The molecule has 1 rings (SSSR count). The fraction of sp³-hybridized carbons (Fsp3) is 1.00. The van der Waals surface area contributed by atoms with E-state index in [1.54, 1.807) is 14.0 Å². The molecular weight excluding hydrogens is 349 g/mol. The molecule has 6 atom stereocenters. The predicted octanol–water partition coefficient (Wildman–Crippen LogP) is 1.30. The molecule has 2 N–H and O–H groups in total. The number of hydrogen-bond acceptors (Lipinski definition) is 6. The molecule has 0 heterocycles. The first-order valence-electron chi connectivity index (χ1n) is 7.21. The van der Waals surface area contributed by atoms with E-state index in [4.69, 9.17) is 25.6 Å². The topological polar surface area (TPSA) is 94.5 Å². The lowest BCUT2D eigenvalue weighted by Crippen LogP contribution is -2.31. The summed E-state index contributed by atoms with van der Waals surface area (Å²) in [4.78, 5) is 19.6. The summed E-state index contributed by atoms with van der Waals surface area (Å²) >= 11 is 4.99. The minimum absolute atomic E-state index is 0.0279. The molecule has 0 amide bonds. The largest absolute Gasteiger partial charge is 0.379 e. The number of methoxy groups -OCH3 is 1. The first-order valence-corrected chi connectivity index (χ1v) is 11.6. The normalized spacial score (nSPS) is 34.2. The minimum atomic E-state index is -3.57. The Balaban J connectivity index is 2.81. The Morgan fingerprint density at radius 1 is 1.32 bits per heavy atom. The molecule has 1 aliphatic carbocycles. The van der Waals surface area contributed by atoms with E-state index in [-0.39, 0.29) is 30.6 Å². The van der Waals surface area contributed by atoms with Crippen molar-refractivity contribution in [2.75, 3.05) is 27.0 Å². The third-order valence-corrected chi connectivity index (χ3v) is 6.97. The first-order chi connectivity index (χ1) is 10.2. The molecule has 0 aromatic rings. The standard InChI is InChI=1S/C11H25BO7P2S/c1-4-18-21(15,22)19-10-8(5-6-20(13,14)17-3)7-9(12)11(10)16-2/h8-11H,4-7,12H2,1-3H3,(H,13,14)(H,15,22)/t8-,9+,10+,11-,21?/m0/s1. The number of hydrogen-bond donors (Lipinski definition) is 2. The quantitative estimate of drug-likeness (QED) is 0.461. The molecule has 1 aliphatic rings. The second kappa shape index (κ2) is 8.70. The molecule has 1 fully saturated rings. The molecule has 7 nitrogen and oxygen atoms in total. The maximum atomic E-state index is 11.6. The van der Waals surface area contributed by atoms with Crippen LogP contribution in [0, 0.1) is 5.92 Å². The molecule has 1 saturated carbocycles. The van der Waals surface area contributed by atoms with E-state index in [0.29, 0.717) is 6.42 Å². The van der Waals surface area contributed by atoms with Crippen LogP contribution >= 0.6 is 14.3 Å². The number of rotatable bonds is 9. The first kappa shape index (κ1) is 20.7. The van der Waals surface area contributed by atoms with Gasteiger partial charge in [0, 0.05) is 14.2 Å². The smallest absolute Gasteiger partial charge is 0.327 e. The molecular formula is C11H25BO7P2S. The van der Waals surface area contributed by atoms with Crippen molar-refractivity contribution >= 4 is 34.0 Å². The van der Waals surface area contributed by atoms with Gasteiger partial charge in [-0.1, -0.05) is 0 Å². The van der Waals surface area contributed by atoms with Gasteiger partial charge in [0.25, 0.3) is 0 Å². The molecule has 0 spiro atoms. The Morgan fingerprint density at radius 3 is 2.45 bits per heavy atom. The summed E-state index contributed by atoms with van der Waals surface area (Å²) in [5.41, 5.74) is 0. The Kier molecular flexibility index (Phi) is 8.20. The zero-order valence-electron chi connectivity index (χ0n) is 13.4. The van der Waals surface area contributed by atoms with Crippen molar-refractivity contribution < 1.29 is 32.7 Å². The lowest BCUT2D eigenvalue weighted by Gasteiger charge is -2.28. The highest BCUT2D eigenvalue weighted by atomic mass is 32.5. The van der Waals surface area contributed by atoms with Crippen LogP contribution in [0.4, 0.5) is 0 Å². The fourth-order valence-corrected chi connectivity index (χ4v) is 5.34. The van der Waals surface area contributed by atoms with Gasteiger partial charge in [-0.3, -0.25) is 4.57 Å². The highest BCUT2D eigenvalue weighted by Gasteiger charge is 2.45. The molecule has 0 radical (unpaired) electrons. The van der Waals surface area contributed by atoms with Crippen molar-refractivity contribution in [2.45, 2.75) is 37.8 Å². The lowest BCUT2D eigenvalue weighted by molar-refractivity contribution is -0.00317. The van der Waals surface area contributed by atoms with Crippen molar-refractivity contribution in [1.29, 1.82) is 0 Å². The average molecular weight is 374 g/mol. The Bertz CT molecular complexity index is 452. The maximum Gasteiger partial charge on any atom is 0.327 e. The molecule has 2 unspecified atom stereocenters. The van der Waals surface area contributed by atoms with Crippen LogP contribution < -0.4 is 0 Å². The van der Waals surface area contributed by atoms with Crippen molar-refractivity contribution in [3.8, 4) is 0 Å². The van der Waals surface area contributed by atoms with E-state index < -0.39 is 20.4 Å². The van der Waals surface area contributed by atoms with Crippen molar-refractivity contribution in [3.05, 3.63) is 0 Å². The summed E-state index contributed by atoms with van der Waals surface area (Å²) < 4.78 is 32.5. The summed E-state index contributed by atoms with van der Waals surface area (Å²) in [5, 5.41) is 0. The second-order valence-electron chi connectivity index (χ2n) is 5.46. The van der Waals surface area contributed by atoms with Gasteiger partial charge < -0.3 is 28.1 Å². The average Bonchev–Trinajstić information content (AvgIpc) is 2.71. The van der Waals surface area contributed by atoms with E-state index in [1.807, 2.05) is 7.85 Å². The maximum absolute atomic E-state index is 11.6. The van der Waals surface area contributed by atoms with Gasteiger partial charge >= 0.3 is 14.3 Å². The molecule has 0 bridgehead atoms. The zero-order valence-corrected chi connectivity index (χ0v) is 16.0. The molecule has 0 aromatic carbocycles.